The smallest absolute Gasteiger partial charge is 0.375 e. The number of benzene rings is 1. The number of carbonyl (C=O) groups is 1. The average Bonchev–Trinajstić information content (AvgIpc) is 2.40. The second-order valence-corrected chi connectivity index (χ2v) is 3.99. The van der Waals surface area contributed by atoms with Gasteiger partial charge < -0.3 is 4.74 Å². The third-order valence-corrected chi connectivity index (χ3v) is 2.65. The molecule has 0 fully saturated rings. The average molecular weight is 248 g/mol. The molecule has 1 heterocycles. The lowest BCUT2D eigenvalue weighted by Crippen LogP contribution is -2.41. The van der Waals surface area contributed by atoms with Gasteiger partial charge >= 0.3 is 5.97 Å². The van der Waals surface area contributed by atoms with Crippen LogP contribution in [0.1, 0.15) is 25.5 Å². The summed E-state index contributed by atoms with van der Waals surface area (Å²) in [4.78, 5) is 21.2. The molecule has 0 radical (unpaired) electrons. The summed E-state index contributed by atoms with van der Waals surface area (Å²) in [5.74, 6) is -0.368. The lowest BCUT2D eigenvalue weighted by molar-refractivity contribution is -0.137. The van der Waals surface area contributed by atoms with E-state index in [1.54, 1.807) is 6.92 Å². The number of hydrogen-bond acceptors (Lipinski definition) is 5. The zero-order valence-corrected chi connectivity index (χ0v) is 10.4. The molecule has 1 N–H and O–H groups in total. The summed E-state index contributed by atoms with van der Waals surface area (Å²) in [6.07, 6.45) is -0.204. The Balaban J connectivity index is 2.11. The van der Waals surface area contributed by atoms with E-state index < -0.39 is 5.97 Å². The summed E-state index contributed by atoms with van der Waals surface area (Å²) in [6, 6.07) is 9.61. The fourth-order valence-corrected chi connectivity index (χ4v) is 1.80. The second kappa shape index (κ2) is 5.64. The van der Waals surface area contributed by atoms with Crippen LogP contribution in [0.25, 0.3) is 0 Å². The van der Waals surface area contributed by atoms with Crippen molar-refractivity contribution in [3.05, 3.63) is 35.9 Å². The number of esters is 1. The van der Waals surface area contributed by atoms with Gasteiger partial charge in [0, 0.05) is 0 Å². The Bertz CT molecular complexity index is 445. The van der Waals surface area contributed by atoms with Crippen LogP contribution < -0.4 is 5.48 Å². The van der Waals surface area contributed by atoms with Gasteiger partial charge in [0.05, 0.1) is 12.6 Å². The number of aliphatic imine (C=N–C) groups is 1. The van der Waals surface area contributed by atoms with Crippen molar-refractivity contribution in [3.63, 3.8) is 0 Å². The zero-order valence-electron chi connectivity index (χ0n) is 10.4. The molecule has 1 aliphatic heterocycles. The molecule has 0 unspecified atom stereocenters. The highest BCUT2D eigenvalue weighted by molar-refractivity contribution is 6.35. The first-order valence-electron chi connectivity index (χ1n) is 5.94. The van der Waals surface area contributed by atoms with E-state index in [9.17, 15) is 4.79 Å². The van der Waals surface area contributed by atoms with Crippen LogP contribution in [0.3, 0.4) is 0 Å². The van der Waals surface area contributed by atoms with Crippen molar-refractivity contribution in [3.8, 4) is 0 Å². The number of ether oxygens (including phenoxy) is 1. The predicted octanol–water partition coefficient (Wildman–Crippen LogP) is 1.61. The van der Waals surface area contributed by atoms with Gasteiger partial charge in [0.2, 0.25) is 5.84 Å². The first kappa shape index (κ1) is 12.6. The van der Waals surface area contributed by atoms with Gasteiger partial charge in [0.15, 0.2) is 0 Å². The number of amidine groups is 1. The quantitative estimate of drug-likeness (QED) is 0.826. The molecule has 0 aromatic heterocycles. The molecule has 18 heavy (non-hydrogen) atoms. The van der Waals surface area contributed by atoms with E-state index in [0.717, 1.165) is 5.56 Å². The van der Waals surface area contributed by atoms with Crippen LogP contribution in [0.4, 0.5) is 0 Å². The third kappa shape index (κ3) is 2.68. The molecule has 5 nitrogen and oxygen atoms in total. The van der Waals surface area contributed by atoms with Crippen molar-refractivity contribution in [1.82, 2.24) is 5.48 Å². The molecule has 0 saturated heterocycles. The SMILES string of the molecule is CCOC(=O)C1=N[C@@H](C)[C@H](c2ccccc2)ON1. The number of hydroxylamine groups is 1. The summed E-state index contributed by atoms with van der Waals surface area (Å²) >= 11 is 0. The van der Waals surface area contributed by atoms with E-state index in [-0.39, 0.29) is 18.0 Å². The number of carbonyl (C=O) groups excluding carboxylic acids is 1. The number of rotatable bonds is 3. The summed E-state index contributed by atoms with van der Waals surface area (Å²) < 4.78 is 4.86. The van der Waals surface area contributed by atoms with Gasteiger partial charge in [-0.1, -0.05) is 30.3 Å². The van der Waals surface area contributed by atoms with E-state index in [4.69, 9.17) is 9.57 Å². The molecular formula is C13H16N2O3. The van der Waals surface area contributed by atoms with Crippen molar-refractivity contribution in [2.45, 2.75) is 26.0 Å². The van der Waals surface area contributed by atoms with Crippen LogP contribution in [-0.2, 0) is 14.4 Å². The van der Waals surface area contributed by atoms with E-state index in [0.29, 0.717) is 6.61 Å². The Hall–Kier alpha value is -1.88. The summed E-state index contributed by atoms with van der Waals surface area (Å²) in [5.41, 5.74) is 3.58. The Morgan fingerprint density at radius 1 is 1.44 bits per heavy atom. The molecule has 96 valence electrons. The zero-order chi connectivity index (χ0) is 13.0. The topological polar surface area (TPSA) is 59.9 Å². The van der Waals surface area contributed by atoms with Crippen LogP contribution in [0.5, 0.6) is 0 Å². The molecule has 0 amide bonds. The fourth-order valence-electron chi connectivity index (χ4n) is 1.80. The van der Waals surface area contributed by atoms with Crippen LogP contribution in [0, 0.1) is 0 Å². The molecule has 2 rings (SSSR count). The van der Waals surface area contributed by atoms with Crippen molar-refractivity contribution < 1.29 is 14.4 Å². The second-order valence-electron chi connectivity index (χ2n) is 3.99. The Labute approximate surface area is 106 Å². The molecule has 5 heteroatoms. The van der Waals surface area contributed by atoms with Crippen LogP contribution in [0.2, 0.25) is 0 Å². The molecule has 0 spiro atoms. The van der Waals surface area contributed by atoms with E-state index in [2.05, 4.69) is 10.5 Å². The maximum absolute atomic E-state index is 11.5. The Morgan fingerprint density at radius 2 is 2.17 bits per heavy atom. The first-order valence-corrected chi connectivity index (χ1v) is 5.94. The minimum atomic E-state index is -0.490. The van der Waals surface area contributed by atoms with Gasteiger partial charge in [-0.3, -0.25) is 9.83 Å². The normalized spacial score (nSPS) is 22.9. The molecule has 2 atom stereocenters. The highest BCUT2D eigenvalue weighted by atomic mass is 16.7. The maximum Gasteiger partial charge on any atom is 0.375 e. The largest absolute Gasteiger partial charge is 0.460 e. The van der Waals surface area contributed by atoms with Crippen molar-refractivity contribution >= 4 is 11.8 Å². The van der Waals surface area contributed by atoms with Gasteiger partial charge in [0.25, 0.3) is 0 Å². The van der Waals surface area contributed by atoms with Gasteiger partial charge in [0.1, 0.15) is 6.10 Å². The fraction of sp³-hybridized carbons (Fsp3) is 0.385. The number of nitrogens with one attached hydrogen (secondary N) is 1. The first-order chi connectivity index (χ1) is 8.72. The van der Waals surface area contributed by atoms with Gasteiger partial charge in [-0.05, 0) is 19.4 Å². The van der Waals surface area contributed by atoms with Crippen molar-refractivity contribution in [1.29, 1.82) is 0 Å². The highest BCUT2D eigenvalue weighted by Crippen LogP contribution is 2.24. The monoisotopic (exact) mass is 248 g/mol. The number of nitrogens with zero attached hydrogens (tertiary/aromatic N) is 1. The summed E-state index contributed by atoms with van der Waals surface area (Å²) in [7, 11) is 0. The van der Waals surface area contributed by atoms with Gasteiger partial charge in [-0.25, -0.2) is 10.3 Å². The molecule has 1 aromatic carbocycles. The van der Waals surface area contributed by atoms with Crippen molar-refractivity contribution in [2.75, 3.05) is 6.61 Å². The molecule has 0 saturated carbocycles. The molecule has 0 aliphatic carbocycles. The van der Waals surface area contributed by atoms with E-state index >= 15 is 0 Å². The molecule has 1 aliphatic rings. The Morgan fingerprint density at radius 3 is 2.78 bits per heavy atom. The lowest BCUT2D eigenvalue weighted by atomic mass is 10.0. The van der Waals surface area contributed by atoms with Gasteiger partial charge in [-0.15, -0.1) is 0 Å². The van der Waals surface area contributed by atoms with E-state index in [1.807, 2.05) is 37.3 Å². The highest BCUT2D eigenvalue weighted by Gasteiger charge is 2.28. The van der Waals surface area contributed by atoms with Crippen LogP contribution in [-0.4, -0.2) is 24.5 Å². The maximum atomic E-state index is 11.5. The molecule has 0 bridgehead atoms. The minimum Gasteiger partial charge on any atom is -0.460 e. The van der Waals surface area contributed by atoms with Crippen LogP contribution in [0.15, 0.2) is 35.3 Å². The lowest BCUT2D eigenvalue weighted by Gasteiger charge is -2.27. The summed E-state index contributed by atoms with van der Waals surface area (Å²) in [6.45, 7) is 3.96. The Kier molecular flexibility index (Phi) is 3.94. The standard InChI is InChI=1S/C13H16N2O3/c1-3-17-13(16)12-14-9(2)11(18-15-12)10-7-5-4-6-8-10/h4-9,11H,3H2,1-2H3,(H,14,15)/t9-,11+/m0/s1. The van der Waals surface area contributed by atoms with Crippen LogP contribution >= 0.6 is 0 Å². The van der Waals surface area contributed by atoms with E-state index in [1.165, 1.54) is 0 Å². The summed E-state index contributed by atoms with van der Waals surface area (Å²) in [5, 5.41) is 0. The number of hydrogen-bond donors (Lipinski definition) is 1. The van der Waals surface area contributed by atoms with Gasteiger partial charge in [-0.2, -0.15) is 0 Å². The molecule has 1 aromatic rings. The molecular weight excluding hydrogens is 232 g/mol. The predicted molar refractivity (Wildman–Crippen MR) is 66.9 cm³/mol. The minimum absolute atomic E-state index is 0.122. The van der Waals surface area contributed by atoms with Crippen molar-refractivity contribution in [2.24, 2.45) is 4.99 Å². The third-order valence-electron chi connectivity index (χ3n) is 2.65.